The van der Waals surface area contributed by atoms with E-state index in [0.717, 1.165) is 19.4 Å². The molecule has 0 bridgehead atoms. The number of nitrogens with zero attached hydrogens (tertiary/aromatic N) is 2. The van der Waals surface area contributed by atoms with E-state index in [4.69, 9.17) is 9.15 Å². The lowest BCUT2D eigenvalue weighted by molar-refractivity contribution is -0.121. The fraction of sp³-hybridized carbons (Fsp3) is 0.348. The first kappa shape index (κ1) is 22.9. The molecule has 174 valence electrons. The van der Waals surface area contributed by atoms with Crippen LogP contribution in [0.4, 0.5) is 15.2 Å². The van der Waals surface area contributed by atoms with Gasteiger partial charge in [-0.3, -0.25) is 9.59 Å². The fourth-order valence-electron chi connectivity index (χ4n) is 3.45. The van der Waals surface area contributed by atoms with Gasteiger partial charge in [0.2, 0.25) is 5.91 Å². The van der Waals surface area contributed by atoms with Crippen LogP contribution in [0.25, 0.3) is 0 Å². The summed E-state index contributed by atoms with van der Waals surface area (Å²) in [6.07, 6.45) is 3.72. The minimum absolute atomic E-state index is 0.0665. The number of nitrogens with one attached hydrogen (secondary N) is 2. The number of carbonyl (C=O) groups is 2. The normalized spacial score (nSPS) is 15.4. The Morgan fingerprint density at radius 2 is 2.09 bits per heavy atom. The van der Waals surface area contributed by atoms with Gasteiger partial charge in [-0.25, -0.2) is 9.37 Å². The van der Waals surface area contributed by atoms with Crippen LogP contribution < -0.4 is 10.6 Å². The molecular formula is C23H25FN4O4S. The van der Waals surface area contributed by atoms with Crippen molar-refractivity contribution in [2.75, 3.05) is 25.0 Å². The third-order valence-corrected chi connectivity index (χ3v) is 5.95. The monoisotopic (exact) mass is 472 g/mol. The number of furan rings is 1. The zero-order valence-corrected chi connectivity index (χ0v) is 18.8. The Bertz CT molecular complexity index is 1050. The minimum Gasteiger partial charge on any atom is -0.467 e. The number of hydrogen-bond donors (Lipinski definition) is 2. The average Bonchev–Trinajstić information content (AvgIpc) is 3.59. The number of amides is 2. The van der Waals surface area contributed by atoms with Crippen molar-refractivity contribution in [1.82, 2.24) is 15.2 Å². The maximum atomic E-state index is 13.2. The van der Waals surface area contributed by atoms with E-state index in [9.17, 15) is 14.0 Å². The Kier molecular flexibility index (Phi) is 7.69. The molecule has 1 aromatic carbocycles. The molecule has 1 atom stereocenters. The Hall–Kier alpha value is -3.24. The zero-order chi connectivity index (χ0) is 23.0. The highest BCUT2D eigenvalue weighted by Crippen LogP contribution is 2.22. The van der Waals surface area contributed by atoms with E-state index in [1.165, 1.54) is 23.5 Å². The summed E-state index contributed by atoms with van der Waals surface area (Å²) >= 11 is 1.27. The highest BCUT2D eigenvalue weighted by Gasteiger charge is 2.22. The van der Waals surface area contributed by atoms with Gasteiger partial charge in [-0.05, 0) is 49.2 Å². The topological polar surface area (TPSA) is 96.7 Å². The van der Waals surface area contributed by atoms with Gasteiger partial charge < -0.3 is 24.7 Å². The number of carbonyl (C=O) groups excluding carboxylic acids is 2. The molecule has 33 heavy (non-hydrogen) atoms. The molecular weight excluding hydrogens is 447 g/mol. The molecule has 10 heteroatoms. The van der Waals surface area contributed by atoms with Crippen LogP contribution in [-0.2, 0) is 16.1 Å². The molecule has 0 saturated carbocycles. The van der Waals surface area contributed by atoms with Crippen molar-refractivity contribution >= 4 is 34.0 Å². The van der Waals surface area contributed by atoms with Crippen molar-refractivity contribution in [3.8, 4) is 0 Å². The van der Waals surface area contributed by atoms with E-state index in [1.54, 1.807) is 40.8 Å². The minimum atomic E-state index is -0.330. The third-order valence-electron chi connectivity index (χ3n) is 5.19. The molecule has 4 rings (SSSR count). The van der Waals surface area contributed by atoms with Gasteiger partial charge in [0, 0.05) is 37.2 Å². The number of thiazole rings is 1. The van der Waals surface area contributed by atoms with Crippen molar-refractivity contribution in [3.63, 3.8) is 0 Å². The molecule has 0 unspecified atom stereocenters. The molecule has 3 heterocycles. The van der Waals surface area contributed by atoms with Gasteiger partial charge in [0.15, 0.2) is 5.13 Å². The number of anilines is 2. The van der Waals surface area contributed by atoms with Gasteiger partial charge in [0.25, 0.3) is 5.91 Å². The van der Waals surface area contributed by atoms with E-state index in [0.29, 0.717) is 23.1 Å². The Balaban J connectivity index is 1.37. The van der Waals surface area contributed by atoms with Crippen LogP contribution in [0.3, 0.4) is 0 Å². The smallest absolute Gasteiger partial charge is 0.273 e. The van der Waals surface area contributed by atoms with Crippen molar-refractivity contribution in [2.45, 2.75) is 31.9 Å². The van der Waals surface area contributed by atoms with Gasteiger partial charge in [-0.2, -0.15) is 0 Å². The van der Waals surface area contributed by atoms with Crippen molar-refractivity contribution < 1.29 is 23.1 Å². The van der Waals surface area contributed by atoms with Gasteiger partial charge in [-0.15, -0.1) is 11.3 Å². The maximum Gasteiger partial charge on any atom is 0.273 e. The second-order valence-corrected chi connectivity index (χ2v) is 8.52. The van der Waals surface area contributed by atoms with E-state index < -0.39 is 0 Å². The van der Waals surface area contributed by atoms with Crippen LogP contribution in [-0.4, -0.2) is 47.5 Å². The van der Waals surface area contributed by atoms with Crippen LogP contribution in [0.1, 0.15) is 35.5 Å². The second-order valence-electron chi connectivity index (χ2n) is 7.66. The molecule has 3 aromatic rings. The molecule has 2 N–H and O–H groups in total. The Morgan fingerprint density at radius 1 is 1.24 bits per heavy atom. The summed E-state index contributed by atoms with van der Waals surface area (Å²) in [6, 6.07) is 9.40. The van der Waals surface area contributed by atoms with Crippen molar-refractivity contribution in [2.24, 2.45) is 0 Å². The molecule has 1 aliphatic heterocycles. The first-order valence-electron chi connectivity index (χ1n) is 10.7. The highest BCUT2D eigenvalue weighted by atomic mass is 32.1. The summed E-state index contributed by atoms with van der Waals surface area (Å²) in [5, 5.41) is 8.10. The van der Waals surface area contributed by atoms with Crippen molar-refractivity contribution in [3.05, 3.63) is 65.3 Å². The number of ether oxygens (including phenoxy) is 1. The third kappa shape index (κ3) is 6.62. The average molecular weight is 473 g/mol. The van der Waals surface area contributed by atoms with Crippen LogP contribution in [0.5, 0.6) is 0 Å². The van der Waals surface area contributed by atoms with Crippen LogP contribution in [0.2, 0.25) is 0 Å². The number of benzene rings is 1. The molecule has 0 aliphatic carbocycles. The van der Waals surface area contributed by atoms with Gasteiger partial charge in [-0.1, -0.05) is 0 Å². The summed E-state index contributed by atoms with van der Waals surface area (Å²) in [5.41, 5.74) is 0.927. The Labute approximate surface area is 194 Å². The quantitative estimate of drug-likeness (QED) is 0.464. The first-order chi connectivity index (χ1) is 16.1. The standard InChI is InChI=1S/C23H25FN4O4S/c24-16-5-7-17(8-6-16)26-23-27-20(15-33-23)22(30)28(14-19-4-2-12-32-19)10-9-21(29)25-13-18-3-1-11-31-18/h2,4-8,12,15,18H,1,3,9-11,13-14H2,(H,25,29)(H,26,27)/t18-/m1/s1. The molecule has 1 aliphatic rings. The molecule has 8 nitrogen and oxygen atoms in total. The van der Waals surface area contributed by atoms with E-state index >= 15 is 0 Å². The summed E-state index contributed by atoms with van der Waals surface area (Å²) < 4.78 is 24.0. The Morgan fingerprint density at radius 3 is 2.82 bits per heavy atom. The SMILES string of the molecule is O=C(CCN(Cc1ccco1)C(=O)c1csc(Nc2ccc(F)cc2)n1)NC[C@H]1CCCO1. The van der Waals surface area contributed by atoms with E-state index in [-0.39, 0.29) is 48.9 Å². The lowest BCUT2D eigenvalue weighted by atomic mass is 10.2. The highest BCUT2D eigenvalue weighted by molar-refractivity contribution is 7.14. The summed E-state index contributed by atoms with van der Waals surface area (Å²) in [4.78, 5) is 31.4. The maximum absolute atomic E-state index is 13.2. The first-order valence-corrected chi connectivity index (χ1v) is 11.6. The summed E-state index contributed by atoms with van der Waals surface area (Å²) in [7, 11) is 0. The van der Waals surface area contributed by atoms with Crippen LogP contribution in [0, 0.1) is 5.82 Å². The number of hydrogen-bond acceptors (Lipinski definition) is 7. The van der Waals surface area contributed by atoms with E-state index in [2.05, 4.69) is 15.6 Å². The molecule has 1 fully saturated rings. The zero-order valence-electron chi connectivity index (χ0n) is 18.0. The van der Waals surface area contributed by atoms with Gasteiger partial charge in [0.05, 0.1) is 18.9 Å². The molecule has 2 amide bonds. The van der Waals surface area contributed by atoms with Gasteiger partial charge >= 0.3 is 0 Å². The lowest BCUT2D eigenvalue weighted by Crippen LogP contribution is -2.37. The molecule has 0 spiro atoms. The number of aromatic nitrogens is 1. The van der Waals surface area contributed by atoms with Gasteiger partial charge in [0.1, 0.15) is 17.3 Å². The number of rotatable bonds is 10. The molecule has 1 saturated heterocycles. The lowest BCUT2D eigenvalue weighted by Gasteiger charge is -2.21. The molecule has 2 aromatic heterocycles. The molecule has 0 radical (unpaired) electrons. The summed E-state index contributed by atoms with van der Waals surface area (Å²) in [5.74, 6) is -0.159. The van der Waals surface area contributed by atoms with Crippen LogP contribution >= 0.6 is 11.3 Å². The largest absolute Gasteiger partial charge is 0.467 e. The van der Waals surface area contributed by atoms with Crippen molar-refractivity contribution in [1.29, 1.82) is 0 Å². The van der Waals surface area contributed by atoms with E-state index in [1.807, 2.05) is 0 Å². The second kappa shape index (κ2) is 11.1. The fourth-order valence-corrected chi connectivity index (χ4v) is 4.15. The number of halogens is 1. The van der Waals surface area contributed by atoms with Crippen LogP contribution in [0.15, 0.2) is 52.5 Å². The predicted octanol–water partition coefficient (Wildman–Crippen LogP) is 3.95. The predicted molar refractivity (Wildman–Crippen MR) is 122 cm³/mol. The summed E-state index contributed by atoms with van der Waals surface area (Å²) in [6.45, 7) is 1.66.